The number of hydrogen-bond acceptors (Lipinski definition) is 6. The second-order valence-corrected chi connectivity index (χ2v) is 8.36. The van der Waals surface area contributed by atoms with Crippen LogP contribution in [0.2, 0.25) is 0 Å². The number of fused-ring (bicyclic) bond motifs is 2. The molecule has 0 aromatic heterocycles. The largest absolute Gasteiger partial charge is 0.484 e. The summed E-state index contributed by atoms with van der Waals surface area (Å²) in [7, 11) is 1.60. The molecule has 2 unspecified atom stereocenters. The summed E-state index contributed by atoms with van der Waals surface area (Å²) < 4.78 is 26.1. The SMILES string of the molecule is CN1C(=O)C2(CC3(CCCOC3)Oc3ccc(-c4cc(F)cc(C#N)c4)cc32)N=C1N. The molecule has 1 fully saturated rings. The van der Waals surface area contributed by atoms with Crippen LogP contribution in [0.5, 0.6) is 5.75 Å². The molecule has 3 aliphatic heterocycles. The first-order valence-corrected chi connectivity index (χ1v) is 10.1. The molecule has 8 heteroatoms. The molecule has 2 N–H and O–H groups in total. The normalized spacial score (nSPS) is 27.1. The average molecular weight is 420 g/mol. The van der Waals surface area contributed by atoms with Crippen molar-refractivity contribution < 1.29 is 18.7 Å². The van der Waals surface area contributed by atoms with E-state index >= 15 is 0 Å². The van der Waals surface area contributed by atoms with Crippen LogP contribution in [0.3, 0.4) is 0 Å². The van der Waals surface area contributed by atoms with Gasteiger partial charge in [0.2, 0.25) is 0 Å². The van der Waals surface area contributed by atoms with Crippen LogP contribution in [-0.2, 0) is 15.1 Å². The number of ether oxygens (including phenoxy) is 2. The van der Waals surface area contributed by atoms with E-state index in [2.05, 4.69) is 4.99 Å². The predicted molar refractivity (Wildman–Crippen MR) is 111 cm³/mol. The second-order valence-electron chi connectivity index (χ2n) is 8.36. The maximum atomic E-state index is 14.0. The van der Waals surface area contributed by atoms with Gasteiger partial charge in [0.15, 0.2) is 11.5 Å². The van der Waals surface area contributed by atoms with E-state index in [1.54, 1.807) is 31.3 Å². The zero-order chi connectivity index (χ0) is 21.8. The number of nitriles is 1. The number of aliphatic imine (C=N–C) groups is 1. The highest BCUT2D eigenvalue weighted by molar-refractivity contribution is 6.07. The van der Waals surface area contributed by atoms with Gasteiger partial charge in [0, 0.05) is 25.6 Å². The molecule has 0 radical (unpaired) electrons. The van der Waals surface area contributed by atoms with Gasteiger partial charge in [-0.05, 0) is 54.3 Å². The Morgan fingerprint density at radius 1 is 1.26 bits per heavy atom. The summed E-state index contributed by atoms with van der Waals surface area (Å²) in [6.07, 6.45) is 1.89. The van der Waals surface area contributed by atoms with E-state index in [1.807, 2.05) is 6.07 Å². The van der Waals surface area contributed by atoms with Crippen LogP contribution >= 0.6 is 0 Å². The molecule has 0 saturated carbocycles. The molecule has 0 bridgehead atoms. The van der Waals surface area contributed by atoms with Gasteiger partial charge in [-0.15, -0.1) is 0 Å². The van der Waals surface area contributed by atoms with Gasteiger partial charge in [0.1, 0.15) is 17.2 Å². The van der Waals surface area contributed by atoms with E-state index < -0.39 is 17.0 Å². The lowest BCUT2D eigenvalue weighted by molar-refractivity contribution is -0.139. The molecule has 2 aromatic rings. The Kier molecular flexibility index (Phi) is 4.27. The summed E-state index contributed by atoms with van der Waals surface area (Å²) in [4.78, 5) is 19.4. The minimum atomic E-state index is -1.23. The van der Waals surface area contributed by atoms with Crippen LogP contribution in [0.4, 0.5) is 4.39 Å². The topological polar surface area (TPSA) is 101 Å². The highest BCUT2D eigenvalue weighted by Gasteiger charge is 2.58. The molecule has 31 heavy (non-hydrogen) atoms. The van der Waals surface area contributed by atoms with Gasteiger partial charge in [-0.1, -0.05) is 6.07 Å². The van der Waals surface area contributed by atoms with Gasteiger partial charge >= 0.3 is 0 Å². The fourth-order valence-corrected chi connectivity index (χ4v) is 4.81. The number of carbonyl (C=O) groups is 1. The Hall–Kier alpha value is -3.44. The molecule has 2 atom stereocenters. The van der Waals surface area contributed by atoms with E-state index in [4.69, 9.17) is 15.2 Å². The maximum Gasteiger partial charge on any atom is 0.261 e. The first kappa shape index (κ1) is 19.5. The van der Waals surface area contributed by atoms with Crippen LogP contribution in [0.15, 0.2) is 41.4 Å². The lowest BCUT2D eigenvalue weighted by Crippen LogP contribution is -2.55. The van der Waals surface area contributed by atoms with Crippen molar-refractivity contribution in [3.05, 3.63) is 53.3 Å². The quantitative estimate of drug-likeness (QED) is 0.764. The van der Waals surface area contributed by atoms with Gasteiger partial charge < -0.3 is 15.2 Å². The van der Waals surface area contributed by atoms with Crippen molar-refractivity contribution in [2.24, 2.45) is 10.7 Å². The van der Waals surface area contributed by atoms with E-state index in [9.17, 15) is 14.4 Å². The van der Waals surface area contributed by atoms with Gasteiger partial charge in [0.05, 0.1) is 18.2 Å². The zero-order valence-corrected chi connectivity index (χ0v) is 17.0. The minimum Gasteiger partial charge on any atom is -0.484 e. The predicted octanol–water partition coefficient (Wildman–Crippen LogP) is 2.68. The number of halogens is 1. The number of nitrogens with two attached hydrogens (primary N) is 1. The summed E-state index contributed by atoms with van der Waals surface area (Å²) in [5.41, 5.74) is 6.16. The summed E-state index contributed by atoms with van der Waals surface area (Å²) in [5.74, 6) is -0.0474. The molecular formula is C23H21FN4O3. The molecule has 0 aliphatic carbocycles. The monoisotopic (exact) mass is 420 g/mol. The Bertz CT molecular complexity index is 1170. The number of nitrogens with zero attached hydrogens (tertiary/aromatic N) is 3. The van der Waals surface area contributed by atoms with Crippen LogP contribution < -0.4 is 10.5 Å². The maximum absolute atomic E-state index is 14.0. The molecular weight excluding hydrogens is 399 g/mol. The minimum absolute atomic E-state index is 0.146. The van der Waals surface area contributed by atoms with E-state index in [0.717, 1.165) is 12.8 Å². The van der Waals surface area contributed by atoms with Crippen molar-refractivity contribution in [2.75, 3.05) is 20.3 Å². The number of guanidine groups is 1. The van der Waals surface area contributed by atoms with Gasteiger partial charge in [-0.3, -0.25) is 9.69 Å². The van der Waals surface area contributed by atoms with E-state index in [0.29, 0.717) is 42.1 Å². The van der Waals surface area contributed by atoms with Crippen molar-refractivity contribution in [1.82, 2.24) is 4.90 Å². The summed E-state index contributed by atoms with van der Waals surface area (Å²) >= 11 is 0. The van der Waals surface area contributed by atoms with E-state index in [-0.39, 0.29) is 17.4 Å². The molecule has 3 heterocycles. The van der Waals surface area contributed by atoms with Crippen LogP contribution in [-0.4, -0.2) is 42.6 Å². The highest BCUT2D eigenvalue weighted by Crippen LogP contribution is 2.51. The number of rotatable bonds is 1. The number of likely N-dealkylation sites (N-methyl/N-ethyl adjacent to an activating group) is 1. The lowest BCUT2D eigenvalue weighted by Gasteiger charge is -2.46. The second kappa shape index (κ2) is 6.79. The van der Waals surface area contributed by atoms with Gasteiger partial charge in [-0.25, -0.2) is 9.38 Å². The van der Waals surface area contributed by atoms with Crippen LogP contribution in [0.25, 0.3) is 11.1 Å². The summed E-state index contributed by atoms with van der Waals surface area (Å²) in [6.45, 7) is 1.03. The van der Waals surface area contributed by atoms with Gasteiger partial charge in [0.25, 0.3) is 5.91 Å². The van der Waals surface area contributed by atoms with Crippen LogP contribution in [0.1, 0.15) is 30.4 Å². The number of hydrogen-bond donors (Lipinski definition) is 1. The lowest BCUT2D eigenvalue weighted by atomic mass is 9.74. The molecule has 2 spiro atoms. The zero-order valence-electron chi connectivity index (χ0n) is 17.0. The molecule has 3 aliphatic rings. The third-order valence-electron chi connectivity index (χ3n) is 6.28. The Morgan fingerprint density at radius 3 is 2.77 bits per heavy atom. The fraction of sp³-hybridized carbons (Fsp3) is 0.348. The van der Waals surface area contributed by atoms with Crippen LogP contribution in [0, 0.1) is 17.1 Å². The van der Waals surface area contributed by atoms with Crippen molar-refractivity contribution in [2.45, 2.75) is 30.4 Å². The highest BCUT2D eigenvalue weighted by atomic mass is 19.1. The van der Waals surface area contributed by atoms with Gasteiger partial charge in [-0.2, -0.15) is 5.26 Å². The standard InChI is InChI=1S/C23H21FN4O3/c1-28-20(29)23(27-21(28)26)12-22(5-2-6-30-13-22)31-19-4-3-15(10-18(19)23)16-7-14(11-25)8-17(24)9-16/h3-4,7-10H,2,5-6,12-13H2,1H3,(H2,26,27). The molecule has 2 aromatic carbocycles. The number of benzene rings is 2. The molecule has 1 saturated heterocycles. The van der Waals surface area contributed by atoms with Crippen molar-refractivity contribution in [1.29, 1.82) is 5.26 Å². The molecule has 1 amide bonds. The summed E-state index contributed by atoms with van der Waals surface area (Å²) in [5, 5.41) is 9.20. The third kappa shape index (κ3) is 2.96. The molecule has 158 valence electrons. The average Bonchev–Trinajstić information content (AvgIpc) is 2.97. The van der Waals surface area contributed by atoms with Crippen molar-refractivity contribution in [3.63, 3.8) is 0 Å². The first-order chi connectivity index (χ1) is 14.9. The Morgan fingerprint density at radius 2 is 2.10 bits per heavy atom. The fourth-order valence-electron chi connectivity index (χ4n) is 4.81. The van der Waals surface area contributed by atoms with E-state index in [1.165, 1.54) is 17.0 Å². The molecule has 7 nitrogen and oxygen atoms in total. The first-order valence-electron chi connectivity index (χ1n) is 10.1. The molecule has 5 rings (SSSR count). The Balaban J connectivity index is 1.69. The summed E-state index contributed by atoms with van der Waals surface area (Å²) in [6, 6.07) is 11.5. The number of carbonyl (C=O) groups excluding carboxylic acids is 1. The smallest absolute Gasteiger partial charge is 0.261 e. The number of amides is 1. The van der Waals surface area contributed by atoms with Crippen molar-refractivity contribution in [3.8, 4) is 22.9 Å². The third-order valence-corrected chi connectivity index (χ3v) is 6.28. The Labute approximate surface area is 178 Å². The van der Waals surface area contributed by atoms with Crippen molar-refractivity contribution >= 4 is 11.9 Å².